The van der Waals surface area contributed by atoms with E-state index in [1.807, 2.05) is 18.2 Å². The van der Waals surface area contributed by atoms with E-state index < -0.39 is 18.6 Å². The third kappa shape index (κ3) is 5.69. The van der Waals surface area contributed by atoms with Gasteiger partial charge in [-0.3, -0.25) is 14.2 Å². The van der Waals surface area contributed by atoms with Gasteiger partial charge in [-0.15, -0.1) is 0 Å². The van der Waals surface area contributed by atoms with E-state index in [0.29, 0.717) is 48.2 Å². The molecule has 0 unspecified atom stereocenters. The van der Waals surface area contributed by atoms with Gasteiger partial charge in [0.2, 0.25) is 0 Å². The topological polar surface area (TPSA) is 110 Å². The molecule has 1 amide bonds. The molecule has 3 aromatic carbocycles. The molecule has 196 valence electrons. The summed E-state index contributed by atoms with van der Waals surface area (Å²) in [7, 11) is 0. The lowest BCUT2D eigenvalue weighted by molar-refractivity contribution is -0.139. The number of allylic oxidation sites excluding steroid dienone is 1. The van der Waals surface area contributed by atoms with Crippen LogP contribution in [0.1, 0.15) is 24.1 Å². The van der Waals surface area contributed by atoms with Crippen molar-refractivity contribution in [2.45, 2.75) is 13.0 Å². The summed E-state index contributed by atoms with van der Waals surface area (Å²) in [6.45, 7) is 1.28. The molecule has 1 aliphatic heterocycles. The van der Waals surface area contributed by atoms with E-state index in [9.17, 15) is 14.4 Å². The molecule has 0 aliphatic carbocycles. The number of carbonyl (C=O) groups is 2. The van der Waals surface area contributed by atoms with Gasteiger partial charge in [-0.2, -0.15) is 0 Å². The maximum Gasteiger partial charge on any atom is 0.341 e. The van der Waals surface area contributed by atoms with Gasteiger partial charge >= 0.3 is 5.97 Å². The number of carboxylic acids is 1. The first-order valence-corrected chi connectivity index (χ1v) is 13.1. The number of rotatable bonds is 7. The SMILES string of the molecule is CC1=C(C(=O)Nc2ccccc2)[C@H](c2ccc(Cl)cc2)n2c(s/c(=C\c3cccc(OCC(=O)O)c3)c2=O)=N1. The molecule has 2 N–H and O–H groups in total. The maximum atomic E-state index is 13.8. The zero-order valence-electron chi connectivity index (χ0n) is 20.6. The Labute approximate surface area is 231 Å². The third-order valence-electron chi connectivity index (χ3n) is 6.00. The smallest absolute Gasteiger partial charge is 0.341 e. The Kier molecular flexibility index (Phi) is 7.44. The first-order valence-electron chi connectivity index (χ1n) is 11.9. The zero-order valence-corrected chi connectivity index (χ0v) is 22.2. The number of ether oxygens (including phenoxy) is 1. The van der Waals surface area contributed by atoms with Crippen molar-refractivity contribution in [3.63, 3.8) is 0 Å². The van der Waals surface area contributed by atoms with Crippen LogP contribution in [0.15, 0.2) is 99.9 Å². The van der Waals surface area contributed by atoms with Crippen molar-refractivity contribution < 1.29 is 19.4 Å². The molecule has 0 fully saturated rings. The molecule has 39 heavy (non-hydrogen) atoms. The molecule has 0 bridgehead atoms. The monoisotopic (exact) mass is 559 g/mol. The predicted molar refractivity (Wildman–Crippen MR) is 150 cm³/mol. The van der Waals surface area contributed by atoms with Crippen molar-refractivity contribution in [2.24, 2.45) is 4.99 Å². The molecule has 1 aliphatic rings. The Morgan fingerprint density at radius 2 is 1.85 bits per heavy atom. The van der Waals surface area contributed by atoms with Crippen molar-refractivity contribution in [1.82, 2.24) is 4.57 Å². The number of aliphatic carboxylic acids is 1. The zero-order chi connectivity index (χ0) is 27.5. The molecule has 8 nitrogen and oxygen atoms in total. The van der Waals surface area contributed by atoms with E-state index in [4.69, 9.17) is 21.4 Å². The Bertz CT molecular complexity index is 1780. The predicted octanol–water partition coefficient (Wildman–Crippen LogP) is 3.99. The third-order valence-corrected chi connectivity index (χ3v) is 7.24. The van der Waals surface area contributed by atoms with E-state index in [2.05, 4.69) is 10.3 Å². The number of aromatic nitrogens is 1. The number of amides is 1. The fourth-order valence-electron chi connectivity index (χ4n) is 4.28. The Balaban J connectivity index is 1.61. The number of hydrogen-bond donors (Lipinski definition) is 2. The molecule has 0 radical (unpaired) electrons. The fourth-order valence-corrected chi connectivity index (χ4v) is 5.46. The van der Waals surface area contributed by atoms with E-state index in [1.54, 1.807) is 73.7 Å². The fraction of sp³-hybridized carbons (Fsp3) is 0.103. The quantitative estimate of drug-likeness (QED) is 0.356. The van der Waals surface area contributed by atoms with E-state index in [0.717, 1.165) is 0 Å². The number of thiazole rings is 1. The van der Waals surface area contributed by atoms with Crippen molar-refractivity contribution >= 4 is 46.6 Å². The second-order valence-electron chi connectivity index (χ2n) is 8.71. The van der Waals surface area contributed by atoms with Crippen LogP contribution in [0.25, 0.3) is 6.08 Å². The molecule has 5 rings (SSSR count). The molecule has 1 aromatic heterocycles. The van der Waals surface area contributed by atoms with Crippen LogP contribution < -0.4 is 24.9 Å². The summed E-state index contributed by atoms with van der Waals surface area (Å²) in [5.41, 5.74) is 2.53. The lowest BCUT2D eigenvalue weighted by atomic mass is 9.95. The number of carbonyl (C=O) groups excluding carboxylic acids is 1. The second-order valence-corrected chi connectivity index (χ2v) is 10.2. The number of nitrogens with one attached hydrogen (secondary N) is 1. The van der Waals surface area contributed by atoms with Gasteiger partial charge in [0.1, 0.15) is 5.75 Å². The van der Waals surface area contributed by atoms with Gasteiger partial charge in [0.05, 0.1) is 21.8 Å². The van der Waals surface area contributed by atoms with Crippen LogP contribution in [0.3, 0.4) is 0 Å². The van der Waals surface area contributed by atoms with Crippen LogP contribution in [0, 0.1) is 0 Å². The van der Waals surface area contributed by atoms with Crippen LogP contribution in [0.2, 0.25) is 5.02 Å². The molecule has 10 heteroatoms. The standard InChI is InChI=1S/C29H22ClN3O5S/c1-17-25(27(36)32-21-7-3-2-4-8-21)26(19-10-12-20(30)13-11-19)33-28(37)23(39-29(33)31-17)15-18-6-5-9-22(14-18)38-16-24(34)35/h2-15,26H,16H2,1H3,(H,32,36)(H,34,35)/b23-15-/t26-/m0/s1. The summed E-state index contributed by atoms with van der Waals surface area (Å²) in [5, 5.41) is 12.3. The number of benzene rings is 3. The first-order chi connectivity index (χ1) is 18.8. The highest BCUT2D eigenvalue weighted by molar-refractivity contribution is 7.07. The summed E-state index contributed by atoms with van der Waals surface area (Å²) in [5.74, 6) is -1.08. The van der Waals surface area contributed by atoms with Gasteiger partial charge in [0.25, 0.3) is 11.5 Å². The van der Waals surface area contributed by atoms with E-state index >= 15 is 0 Å². The number of hydrogen-bond acceptors (Lipinski definition) is 6. The minimum absolute atomic E-state index is 0.312. The largest absolute Gasteiger partial charge is 0.482 e. The Morgan fingerprint density at radius 1 is 1.10 bits per heavy atom. The molecule has 4 aromatic rings. The highest BCUT2D eigenvalue weighted by atomic mass is 35.5. The number of halogens is 1. The minimum Gasteiger partial charge on any atom is -0.482 e. The van der Waals surface area contributed by atoms with E-state index in [-0.39, 0.29) is 11.5 Å². The van der Waals surface area contributed by atoms with E-state index in [1.165, 1.54) is 15.9 Å². The average molecular weight is 560 g/mol. The van der Waals surface area contributed by atoms with Gasteiger partial charge in [0, 0.05) is 10.7 Å². The molecule has 0 saturated heterocycles. The van der Waals surface area contributed by atoms with Gasteiger partial charge < -0.3 is 15.2 Å². The minimum atomic E-state index is -1.08. The highest BCUT2D eigenvalue weighted by Crippen LogP contribution is 2.31. The first kappa shape index (κ1) is 26.1. The average Bonchev–Trinajstić information content (AvgIpc) is 3.22. The van der Waals surface area contributed by atoms with Gasteiger partial charge in [0.15, 0.2) is 11.4 Å². The Hall–Kier alpha value is -4.47. The van der Waals surface area contributed by atoms with Gasteiger partial charge in [-0.25, -0.2) is 9.79 Å². The Morgan fingerprint density at radius 3 is 2.56 bits per heavy atom. The summed E-state index contributed by atoms with van der Waals surface area (Å²) in [6, 6.07) is 22.2. The summed E-state index contributed by atoms with van der Waals surface area (Å²) in [6.07, 6.45) is 1.69. The van der Waals surface area contributed by atoms with Crippen molar-refractivity contribution in [1.29, 1.82) is 0 Å². The second kappa shape index (κ2) is 11.1. The molecule has 0 spiro atoms. The maximum absolute atomic E-state index is 13.8. The summed E-state index contributed by atoms with van der Waals surface area (Å²) < 4.78 is 7.19. The van der Waals surface area contributed by atoms with Crippen LogP contribution in [0.4, 0.5) is 5.69 Å². The molecule has 0 saturated carbocycles. The number of para-hydroxylation sites is 1. The van der Waals surface area contributed by atoms with Crippen LogP contribution in [0.5, 0.6) is 5.75 Å². The molecular weight excluding hydrogens is 538 g/mol. The molecular formula is C29H22ClN3O5S. The van der Waals surface area contributed by atoms with Crippen molar-refractivity contribution in [3.8, 4) is 5.75 Å². The molecule has 2 heterocycles. The van der Waals surface area contributed by atoms with Crippen molar-refractivity contribution in [3.05, 3.63) is 126 Å². The summed E-state index contributed by atoms with van der Waals surface area (Å²) >= 11 is 7.35. The lowest BCUT2D eigenvalue weighted by Crippen LogP contribution is -2.40. The normalized spacial score (nSPS) is 14.9. The number of nitrogens with zero attached hydrogens (tertiary/aromatic N) is 2. The van der Waals surface area contributed by atoms with Crippen LogP contribution in [-0.4, -0.2) is 28.2 Å². The van der Waals surface area contributed by atoms with Gasteiger partial charge in [-0.1, -0.05) is 65.4 Å². The number of carboxylic acid groups (broad SMARTS) is 1. The summed E-state index contributed by atoms with van der Waals surface area (Å²) in [4.78, 5) is 43.3. The number of anilines is 1. The number of fused-ring (bicyclic) bond motifs is 1. The van der Waals surface area contributed by atoms with Crippen LogP contribution in [-0.2, 0) is 9.59 Å². The van der Waals surface area contributed by atoms with Crippen LogP contribution >= 0.6 is 22.9 Å². The lowest BCUT2D eigenvalue weighted by Gasteiger charge is -2.25. The van der Waals surface area contributed by atoms with Gasteiger partial charge in [-0.05, 0) is 60.5 Å². The molecule has 1 atom stereocenters. The highest BCUT2D eigenvalue weighted by Gasteiger charge is 2.32. The van der Waals surface area contributed by atoms with Crippen molar-refractivity contribution in [2.75, 3.05) is 11.9 Å².